The fraction of sp³-hybridized carbons (Fsp3) is 0.158. The Kier molecular flexibility index (Phi) is 8.24. The van der Waals surface area contributed by atoms with Crippen molar-refractivity contribution in [3.63, 3.8) is 0 Å². The van der Waals surface area contributed by atoms with Crippen LogP contribution in [0.15, 0.2) is 70.2 Å². The summed E-state index contributed by atoms with van der Waals surface area (Å²) in [5.41, 5.74) is 1.72. The normalized spacial score (nSPS) is 12.2. The molecule has 0 atom stereocenters. The molecule has 0 radical (unpaired) electrons. The average Bonchev–Trinajstić information content (AvgIpc) is 3.19. The first-order valence-electron chi connectivity index (χ1n) is 8.59. The fourth-order valence-electron chi connectivity index (χ4n) is 2.22. The minimum Gasteiger partial charge on any atom is -0.365 e. The first-order valence-corrected chi connectivity index (χ1v) is 8.97. The third kappa shape index (κ3) is 6.82. The van der Waals surface area contributed by atoms with E-state index in [1.807, 2.05) is 6.07 Å². The molecule has 1 heterocycles. The second-order valence-corrected chi connectivity index (χ2v) is 6.40. The van der Waals surface area contributed by atoms with Crippen LogP contribution < -0.4 is 16.0 Å². The predicted molar refractivity (Wildman–Crippen MR) is 115 cm³/mol. The van der Waals surface area contributed by atoms with Gasteiger partial charge >= 0.3 is 6.55 Å². The van der Waals surface area contributed by atoms with E-state index in [1.54, 1.807) is 25.1 Å². The number of nitrogens with one attached hydrogen (secondary N) is 3. The lowest BCUT2D eigenvalue weighted by atomic mass is 10.2. The van der Waals surface area contributed by atoms with Crippen LogP contribution in [0.4, 0.5) is 20.2 Å². The maximum Gasteiger partial charge on any atom is 0.333 e. The van der Waals surface area contributed by atoms with Gasteiger partial charge in [-0.05, 0) is 37.4 Å². The van der Waals surface area contributed by atoms with Crippen LogP contribution in [0.25, 0.3) is 0 Å². The van der Waals surface area contributed by atoms with E-state index in [0.717, 1.165) is 11.8 Å². The number of hydrogen-bond acceptors (Lipinski definition) is 4. The number of guanidine groups is 1. The molecule has 0 saturated heterocycles. The summed E-state index contributed by atoms with van der Waals surface area (Å²) in [5, 5.41) is 12.3. The molecule has 1 aromatic heterocycles. The highest BCUT2D eigenvalue weighted by Gasteiger charge is 2.09. The zero-order chi connectivity index (χ0) is 22.1. The predicted octanol–water partition coefficient (Wildman–Crippen LogP) is 4.09. The van der Waals surface area contributed by atoms with Crippen molar-refractivity contribution in [3.05, 3.63) is 65.7 Å². The van der Waals surface area contributed by atoms with Crippen molar-refractivity contribution in [3.8, 4) is 0 Å². The Hall–Kier alpha value is -3.53. The van der Waals surface area contributed by atoms with Crippen molar-refractivity contribution in [2.45, 2.75) is 20.0 Å². The quantitative estimate of drug-likeness (QED) is 0.330. The highest BCUT2D eigenvalue weighted by Crippen LogP contribution is 2.15. The lowest BCUT2D eigenvalue weighted by Crippen LogP contribution is -2.17. The fourth-order valence-corrected chi connectivity index (χ4v) is 2.33. The number of rotatable bonds is 8. The number of nitrogens with zero attached hydrogens (tertiary/aromatic N) is 4. The SMILES string of the molecule is C=CC(=O)Nc1cccc(CN/C(N=C(N=C)Nc2cnn(C(F)F)c2)=C(/C)Cl)c1. The molecule has 8 nitrogen and oxygen atoms in total. The molecule has 0 aliphatic heterocycles. The molecule has 0 fully saturated rings. The van der Waals surface area contributed by atoms with E-state index in [9.17, 15) is 13.6 Å². The molecule has 3 N–H and O–H groups in total. The van der Waals surface area contributed by atoms with Crippen molar-refractivity contribution < 1.29 is 13.6 Å². The van der Waals surface area contributed by atoms with Gasteiger partial charge in [-0.3, -0.25) is 4.79 Å². The Morgan fingerprint density at radius 2 is 2.13 bits per heavy atom. The molecule has 158 valence electrons. The molecule has 2 rings (SSSR count). The largest absolute Gasteiger partial charge is 0.365 e. The summed E-state index contributed by atoms with van der Waals surface area (Å²) in [4.78, 5) is 19.4. The van der Waals surface area contributed by atoms with Crippen LogP contribution in [0.5, 0.6) is 0 Å². The number of allylic oxidation sites excluding steroid dienone is 1. The minimum atomic E-state index is -2.76. The van der Waals surface area contributed by atoms with Gasteiger partial charge in [-0.15, -0.1) is 0 Å². The zero-order valence-corrected chi connectivity index (χ0v) is 16.8. The second-order valence-electron chi connectivity index (χ2n) is 5.83. The lowest BCUT2D eigenvalue weighted by molar-refractivity contribution is -0.111. The van der Waals surface area contributed by atoms with Crippen molar-refractivity contribution in [1.82, 2.24) is 15.1 Å². The molecule has 0 aliphatic carbocycles. The molecule has 0 spiro atoms. The smallest absolute Gasteiger partial charge is 0.333 e. The number of carbonyl (C=O) groups is 1. The molecule has 2 aromatic rings. The highest BCUT2D eigenvalue weighted by atomic mass is 35.5. The first kappa shape index (κ1) is 22.8. The molecule has 0 bridgehead atoms. The van der Waals surface area contributed by atoms with Gasteiger partial charge in [0.1, 0.15) is 5.82 Å². The monoisotopic (exact) mass is 435 g/mol. The van der Waals surface area contributed by atoms with Gasteiger partial charge in [-0.25, -0.2) is 9.67 Å². The van der Waals surface area contributed by atoms with Crippen molar-refractivity contribution in [1.29, 1.82) is 0 Å². The Morgan fingerprint density at radius 3 is 2.73 bits per heavy atom. The van der Waals surface area contributed by atoms with Crippen LogP contribution in [0.3, 0.4) is 0 Å². The number of carbonyl (C=O) groups excluding carboxylic acids is 1. The van der Waals surface area contributed by atoms with E-state index in [4.69, 9.17) is 11.6 Å². The number of halogens is 3. The summed E-state index contributed by atoms with van der Waals surface area (Å²) in [6.07, 6.45) is 3.50. The van der Waals surface area contributed by atoms with Crippen LogP contribution in [0, 0.1) is 0 Å². The summed E-state index contributed by atoms with van der Waals surface area (Å²) < 4.78 is 25.8. The number of aliphatic imine (C=N–C) groups is 2. The maximum atomic E-state index is 12.6. The summed E-state index contributed by atoms with van der Waals surface area (Å²) in [6.45, 7) is 6.04. The van der Waals surface area contributed by atoms with Gasteiger partial charge in [0.05, 0.1) is 23.1 Å². The number of alkyl halides is 2. The summed E-state index contributed by atoms with van der Waals surface area (Å²) in [6, 6.07) is 7.17. The van der Waals surface area contributed by atoms with E-state index < -0.39 is 6.55 Å². The summed E-state index contributed by atoms with van der Waals surface area (Å²) >= 11 is 6.12. The number of benzene rings is 1. The van der Waals surface area contributed by atoms with E-state index in [-0.39, 0.29) is 17.6 Å². The number of amides is 1. The van der Waals surface area contributed by atoms with E-state index in [1.165, 1.54) is 12.3 Å². The molecular weight excluding hydrogens is 416 g/mol. The average molecular weight is 436 g/mol. The van der Waals surface area contributed by atoms with E-state index in [0.29, 0.717) is 27.8 Å². The highest BCUT2D eigenvalue weighted by molar-refractivity contribution is 6.29. The van der Waals surface area contributed by atoms with Gasteiger partial charge in [0.2, 0.25) is 11.9 Å². The standard InChI is InChI=1S/C19H20ClF2N7O/c1-4-16(30)26-14-7-5-6-13(8-14)9-24-17(12(2)20)28-19(23-3)27-15-10-25-29(11-15)18(21)22/h4-8,10-11,18,24H,1,3,9H2,2H3,(H,26,30)(H,27,28)/b17-12+. The van der Waals surface area contributed by atoms with Crippen LogP contribution in [0.1, 0.15) is 19.0 Å². The van der Waals surface area contributed by atoms with Crippen molar-refractivity contribution in [2.75, 3.05) is 10.6 Å². The molecule has 1 aromatic carbocycles. The van der Waals surface area contributed by atoms with E-state index >= 15 is 0 Å². The Bertz CT molecular complexity index is 981. The molecule has 0 aliphatic rings. The van der Waals surface area contributed by atoms with Crippen LogP contribution in [-0.4, -0.2) is 28.4 Å². The van der Waals surface area contributed by atoms with E-state index in [2.05, 4.69) is 44.3 Å². The maximum absolute atomic E-state index is 12.6. The molecular formula is C19H20ClF2N7O. The molecule has 1 amide bonds. The minimum absolute atomic E-state index is 0.0401. The van der Waals surface area contributed by atoms with Crippen molar-refractivity contribution >= 4 is 41.6 Å². The zero-order valence-electron chi connectivity index (χ0n) is 16.1. The third-order valence-corrected chi connectivity index (χ3v) is 3.77. The molecule has 30 heavy (non-hydrogen) atoms. The Morgan fingerprint density at radius 1 is 1.37 bits per heavy atom. The topological polar surface area (TPSA) is 95.7 Å². The van der Waals surface area contributed by atoms with Gasteiger partial charge in [0, 0.05) is 12.2 Å². The number of anilines is 2. The van der Waals surface area contributed by atoms with Gasteiger partial charge in [-0.2, -0.15) is 18.9 Å². The first-order chi connectivity index (χ1) is 14.3. The van der Waals surface area contributed by atoms with Gasteiger partial charge < -0.3 is 16.0 Å². The molecule has 11 heteroatoms. The number of aromatic nitrogens is 2. The third-order valence-electron chi connectivity index (χ3n) is 3.59. The molecule has 0 unspecified atom stereocenters. The van der Waals surface area contributed by atoms with Crippen LogP contribution >= 0.6 is 11.6 Å². The summed E-state index contributed by atoms with van der Waals surface area (Å²) in [7, 11) is 0. The van der Waals surface area contributed by atoms with Gasteiger partial charge in [0.25, 0.3) is 0 Å². The van der Waals surface area contributed by atoms with Gasteiger partial charge in [-0.1, -0.05) is 30.3 Å². The van der Waals surface area contributed by atoms with Crippen LogP contribution in [0.2, 0.25) is 0 Å². The molecule has 0 saturated carbocycles. The Labute approximate surface area is 177 Å². The van der Waals surface area contributed by atoms with Gasteiger partial charge in [0.15, 0.2) is 0 Å². The summed E-state index contributed by atoms with van der Waals surface area (Å²) in [5.74, 6) is 0.0245. The lowest BCUT2D eigenvalue weighted by Gasteiger charge is -2.11. The van der Waals surface area contributed by atoms with Crippen LogP contribution in [-0.2, 0) is 11.3 Å². The number of hydrogen-bond donors (Lipinski definition) is 3. The second kappa shape index (κ2) is 10.9. The Balaban J connectivity index is 2.10. The van der Waals surface area contributed by atoms with Crippen molar-refractivity contribution in [2.24, 2.45) is 9.98 Å².